The van der Waals surface area contributed by atoms with E-state index in [-0.39, 0.29) is 1.43 Å². The highest BCUT2D eigenvalue weighted by Gasteiger charge is 2.04. The van der Waals surface area contributed by atoms with Gasteiger partial charge in [-0.25, -0.2) is 4.98 Å². The van der Waals surface area contributed by atoms with E-state index in [1.54, 1.807) is 0 Å². The van der Waals surface area contributed by atoms with Crippen LogP contribution >= 0.6 is 0 Å². The number of benzene rings is 1. The van der Waals surface area contributed by atoms with Gasteiger partial charge in [0, 0.05) is 7.34 Å². The van der Waals surface area contributed by atoms with E-state index < -0.39 is 0 Å². The predicted molar refractivity (Wildman–Crippen MR) is 84.2 cm³/mol. The lowest BCUT2D eigenvalue weighted by atomic mass is 10.2. The molecule has 0 radical (unpaired) electrons. The number of fused-ring (bicyclic) bond motifs is 1. The first kappa shape index (κ1) is 16.7. The van der Waals surface area contributed by atoms with E-state index in [0.717, 1.165) is 22.8 Å². The third-order valence-electron chi connectivity index (χ3n) is 1.95. The molecular weight excluding hydrogens is 220 g/mol. The summed E-state index contributed by atoms with van der Waals surface area (Å²) in [5.74, 6) is 2.37. The smallest absolute Gasteiger partial charge is 0.109 e. The number of nitrogens with one attached hydrogen (secondary N) is 1. The first-order chi connectivity index (χ1) is 8.50. The van der Waals surface area contributed by atoms with Crippen molar-refractivity contribution in [2.75, 3.05) is 0 Å². The highest BCUT2D eigenvalue weighted by molar-refractivity contribution is 5.74. The molecule has 18 heavy (non-hydrogen) atoms. The molecule has 0 aliphatic carbocycles. The highest BCUT2D eigenvalue weighted by atomic mass is 14.9. The van der Waals surface area contributed by atoms with Gasteiger partial charge >= 0.3 is 0 Å². The summed E-state index contributed by atoms with van der Waals surface area (Å²) < 4.78 is 0. The maximum atomic E-state index is 4.46. The van der Waals surface area contributed by atoms with Crippen LogP contribution in [0, 0.1) is 5.92 Å². The van der Waals surface area contributed by atoms with E-state index >= 15 is 0 Å². The fourth-order valence-electron chi connectivity index (χ4n) is 1.25. The summed E-state index contributed by atoms with van der Waals surface area (Å²) >= 11 is 0. The van der Waals surface area contributed by atoms with Gasteiger partial charge in [-0.05, 0) is 18.1 Å². The van der Waals surface area contributed by atoms with E-state index in [4.69, 9.17) is 0 Å². The number of para-hydroxylation sites is 2. The van der Waals surface area contributed by atoms with Gasteiger partial charge in [-0.15, -0.1) is 0 Å². The molecule has 0 aliphatic heterocycles. The Bertz CT molecular complexity index is 397. The third-order valence-corrected chi connectivity index (χ3v) is 1.95. The number of H-pyrrole nitrogens is 1. The van der Waals surface area contributed by atoms with Crippen molar-refractivity contribution in [1.82, 2.24) is 9.97 Å². The molecule has 2 rings (SSSR count). The lowest BCUT2D eigenvalue weighted by Crippen LogP contribution is -1.88. The standard InChI is InChI=1S/C10H12N2.C4H10.C2H6.H2/c1-7(2)10-11-8-5-3-4-6-9(8)12-10;1-4(2)3;1-2;/h3-7H,1-2H3,(H,11,12);4H,1-3H3;1-2H3;1H. The Labute approximate surface area is 113 Å². The molecule has 0 saturated heterocycles. The van der Waals surface area contributed by atoms with Gasteiger partial charge in [-0.1, -0.05) is 60.6 Å². The first-order valence-corrected chi connectivity index (χ1v) is 6.95. The number of imidazole rings is 1. The molecule has 2 aromatic rings. The van der Waals surface area contributed by atoms with E-state index in [1.165, 1.54) is 0 Å². The molecule has 1 N–H and O–H groups in total. The topological polar surface area (TPSA) is 28.7 Å². The van der Waals surface area contributed by atoms with Crippen molar-refractivity contribution in [3.05, 3.63) is 30.1 Å². The highest BCUT2D eigenvalue weighted by Crippen LogP contribution is 2.15. The molecule has 2 nitrogen and oxygen atoms in total. The maximum Gasteiger partial charge on any atom is 0.109 e. The molecule has 0 atom stereocenters. The zero-order valence-corrected chi connectivity index (χ0v) is 12.9. The van der Waals surface area contributed by atoms with Crippen molar-refractivity contribution in [3.8, 4) is 0 Å². The van der Waals surface area contributed by atoms with Crippen LogP contribution in [-0.4, -0.2) is 9.97 Å². The van der Waals surface area contributed by atoms with Crippen LogP contribution in [-0.2, 0) is 0 Å². The third kappa shape index (κ3) is 5.85. The van der Waals surface area contributed by atoms with Gasteiger partial charge in [0.1, 0.15) is 5.82 Å². The summed E-state index contributed by atoms with van der Waals surface area (Å²) in [5.41, 5.74) is 2.18. The molecule has 1 heterocycles. The molecule has 0 fully saturated rings. The lowest BCUT2D eigenvalue weighted by molar-refractivity contribution is 0.737. The predicted octanol–water partition coefficient (Wildman–Crippen LogP) is 5.62. The Hall–Kier alpha value is -1.31. The number of hydrogen-bond acceptors (Lipinski definition) is 1. The van der Waals surface area contributed by atoms with Gasteiger partial charge in [-0.3, -0.25) is 0 Å². The van der Waals surface area contributed by atoms with Crippen LogP contribution in [0.4, 0.5) is 0 Å². The van der Waals surface area contributed by atoms with E-state index in [1.807, 2.05) is 38.1 Å². The summed E-state index contributed by atoms with van der Waals surface area (Å²) in [6, 6.07) is 8.10. The number of nitrogens with zero attached hydrogens (tertiary/aromatic N) is 1. The van der Waals surface area contributed by atoms with Crippen LogP contribution in [0.15, 0.2) is 24.3 Å². The second kappa shape index (κ2) is 8.73. The monoisotopic (exact) mass is 250 g/mol. The zero-order chi connectivity index (χ0) is 14.1. The van der Waals surface area contributed by atoms with Gasteiger partial charge in [0.15, 0.2) is 0 Å². The maximum absolute atomic E-state index is 4.46. The van der Waals surface area contributed by atoms with Crippen LogP contribution in [0.25, 0.3) is 11.0 Å². The van der Waals surface area contributed by atoms with Crippen LogP contribution in [0.5, 0.6) is 0 Å². The molecule has 1 aromatic heterocycles. The summed E-state index contributed by atoms with van der Waals surface area (Å²) in [6.07, 6.45) is 0. The summed E-state index contributed by atoms with van der Waals surface area (Å²) in [6.45, 7) is 14.8. The van der Waals surface area contributed by atoms with Gasteiger partial charge in [0.25, 0.3) is 0 Å². The normalized spacial score (nSPS) is 9.83. The number of rotatable bonds is 1. The van der Waals surface area contributed by atoms with Crippen molar-refractivity contribution >= 4 is 11.0 Å². The van der Waals surface area contributed by atoms with E-state index in [2.05, 4.69) is 44.6 Å². The largest absolute Gasteiger partial charge is 0.342 e. The van der Waals surface area contributed by atoms with Gasteiger partial charge in [-0.2, -0.15) is 0 Å². The Morgan fingerprint density at radius 3 is 1.94 bits per heavy atom. The molecule has 0 saturated carbocycles. The Kier molecular flexibility index (Phi) is 8.10. The van der Waals surface area contributed by atoms with Crippen LogP contribution in [0.3, 0.4) is 0 Å². The molecule has 0 spiro atoms. The van der Waals surface area contributed by atoms with E-state index in [0.29, 0.717) is 5.92 Å². The molecule has 104 valence electrons. The van der Waals surface area contributed by atoms with Gasteiger partial charge in [0.05, 0.1) is 11.0 Å². The Morgan fingerprint density at radius 1 is 1.00 bits per heavy atom. The van der Waals surface area contributed by atoms with Crippen molar-refractivity contribution in [2.24, 2.45) is 5.92 Å². The van der Waals surface area contributed by atoms with Crippen LogP contribution in [0.1, 0.15) is 61.6 Å². The molecule has 0 unspecified atom stereocenters. The minimum atomic E-state index is 0. The number of aromatic nitrogens is 2. The molecule has 2 heteroatoms. The average Bonchev–Trinajstić information content (AvgIpc) is 2.74. The first-order valence-electron chi connectivity index (χ1n) is 6.95. The van der Waals surface area contributed by atoms with Crippen molar-refractivity contribution in [1.29, 1.82) is 0 Å². The molecular formula is C16H30N2. The van der Waals surface area contributed by atoms with Gasteiger partial charge in [0.2, 0.25) is 0 Å². The average molecular weight is 250 g/mol. The van der Waals surface area contributed by atoms with Crippen molar-refractivity contribution in [3.63, 3.8) is 0 Å². The molecule has 0 amide bonds. The quantitative estimate of drug-likeness (QED) is 0.699. The Balaban J connectivity index is 0. The van der Waals surface area contributed by atoms with Crippen molar-refractivity contribution < 1.29 is 1.43 Å². The minimum absolute atomic E-state index is 0. The summed E-state index contributed by atoms with van der Waals surface area (Å²) in [5, 5.41) is 0. The molecule has 1 aromatic carbocycles. The summed E-state index contributed by atoms with van der Waals surface area (Å²) in [7, 11) is 0. The second-order valence-electron chi connectivity index (χ2n) is 5.03. The fourth-order valence-corrected chi connectivity index (χ4v) is 1.25. The minimum Gasteiger partial charge on any atom is -0.342 e. The lowest BCUT2D eigenvalue weighted by Gasteiger charge is -1.95. The SMILES string of the molecule is CC.CC(C)C.CC(C)c1nc2ccccc2[nH]1.[HH]. The number of aromatic amines is 1. The second-order valence-corrected chi connectivity index (χ2v) is 5.03. The fraction of sp³-hybridized carbons (Fsp3) is 0.562. The zero-order valence-electron chi connectivity index (χ0n) is 12.9. The van der Waals surface area contributed by atoms with Gasteiger partial charge < -0.3 is 4.98 Å². The van der Waals surface area contributed by atoms with Crippen LogP contribution in [0.2, 0.25) is 0 Å². The Morgan fingerprint density at radius 2 is 1.50 bits per heavy atom. The van der Waals surface area contributed by atoms with E-state index in [9.17, 15) is 0 Å². The van der Waals surface area contributed by atoms with Crippen molar-refractivity contribution in [2.45, 2.75) is 54.4 Å². The number of hydrogen-bond donors (Lipinski definition) is 1. The molecule has 0 aliphatic rings. The van der Waals surface area contributed by atoms with Crippen LogP contribution < -0.4 is 0 Å². The molecule has 0 bridgehead atoms. The summed E-state index contributed by atoms with van der Waals surface area (Å²) in [4.78, 5) is 7.74.